The van der Waals surface area contributed by atoms with Crippen molar-refractivity contribution in [3.63, 3.8) is 0 Å². The van der Waals surface area contributed by atoms with Gasteiger partial charge in [-0.3, -0.25) is 10.3 Å². The number of thioether (sulfide) groups is 2. The molecule has 11 heteroatoms. The molecule has 0 atom stereocenters. The van der Waals surface area contributed by atoms with E-state index in [0.717, 1.165) is 0 Å². The molecule has 2 aromatic rings. The summed E-state index contributed by atoms with van der Waals surface area (Å²) >= 11 is 2.49. The fourth-order valence-electron chi connectivity index (χ4n) is 2.09. The van der Waals surface area contributed by atoms with Crippen LogP contribution >= 0.6 is 23.5 Å². The zero-order chi connectivity index (χ0) is 20.3. The molecular weight excluding hydrogens is 403 g/mol. The van der Waals surface area contributed by atoms with E-state index in [-0.39, 0.29) is 11.4 Å². The van der Waals surface area contributed by atoms with Gasteiger partial charge in [0.1, 0.15) is 30.0 Å². The highest BCUT2D eigenvalue weighted by Crippen LogP contribution is 2.50. The lowest BCUT2D eigenvalue weighted by Crippen LogP contribution is -2.27. The third-order valence-electron chi connectivity index (χ3n) is 3.14. The zero-order valence-corrected chi connectivity index (χ0v) is 16.8. The van der Waals surface area contributed by atoms with Gasteiger partial charge >= 0.3 is 6.09 Å². The Hall–Kier alpha value is -2.84. The maximum Gasteiger partial charge on any atom is 0.412 e. The molecule has 1 amide bonds. The molecule has 3 heterocycles. The van der Waals surface area contributed by atoms with E-state index < -0.39 is 17.5 Å². The van der Waals surface area contributed by atoms with Gasteiger partial charge in [0.15, 0.2) is 11.5 Å². The number of nitrogens with one attached hydrogen (secondary N) is 1. The van der Waals surface area contributed by atoms with Crippen LogP contribution in [0, 0.1) is 17.1 Å². The number of pyridine rings is 1. The molecule has 144 valence electrons. The molecule has 0 spiro atoms. The first-order chi connectivity index (χ1) is 13.3. The van der Waals surface area contributed by atoms with Crippen LogP contribution < -0.4 is 5.32 Å². The molecule has 0 fully saturated rings. The number of amides is 1. The third-order valence-corrected chi connectivity index (χ3v) is 5.50. The lowest BCUT2D eigenvalue weighted by atomic mass is 10.2. The van der Waals surface area contributed by atoms with Crippen molar-refractivity contribution in [2.45, 2.75) is 26.4 Å². The van der Waals surface area contributed by atoms with E-state index >= 15 is 0 Å². The maximum absolute atomic E-state index is 14.5. The van der Waals surface area contributed by atoms with Crippen LogP contribution in [-0.2, 0) is 4.74 Å². The summed E-state index contributed by atoms with van der Waals surface area (Å²) in [7, 11) is 0. The first-order valence-corrected chi connectivity index (χ1v) is 9.66. The molecule has 1 N–H and O–H groups in total. The Morgan fingerprint density at radius 3 is 2.82 bits per heavy atom. The minimum absolute atomic E-state index is 0.123. The molecule has 0 radical (unpaired) electrons. The summed E-state index contributed by atoms with van der Waals surface area (Å²) in [6, 6.07) is 3.24. The first-order valence-electron chi connectivity index (χ1n) is 7.97. The van der Waals surface area contributed by atoms with Crippen LogP contribution in [0.4, 0.5) is 14.9 Å². The Kier molecular flexibility index (Phi) is 5.71. The van der Waals surface area contributed by atoms with Crippen molar-refractivity contribution in [3.8, 4) is 6.07 Å². The minimum atomic E-state index is -0.692. The molecule has 0 saturated heterocycles. The zero-order valence-electron chi connectivity index (χ0n) is 15.1. The number of allylic oxidation sites excluding steroid dienone is 1. The summed E-state index contributed by atoms with van der Waals surface area (Å²) in [6.45, 7) is 5.20. The van der Waals surface area contributed by atoms with Gasteiger partial charge < -0.3 is 4.74 Å². The van der Waals surface area contributed by atoms with Gasteiger partial charge in [-0.2, -0.15) is 10.4 Å². The number of anilines is 1. The average Bonchev–Trinajstić information content (AvgIpc) is 3.26. The number of nitriles is 1. The standard InChI is InChI=1S/C17H15FN6O2S2/c1-17(2,3)26-16(25)23-10-4-11(18)14(21-6-10)13-7-27-15(28-13)12(5-19)24-9-20-8-22-24/h4,6-9H,1-3H3,(H,23,25)/b15-12+. The molecule has 0 unspecified atom stereocenters. The highest BCUT2D eigenvalue weighted by molar-refractivity contribution is 8.31. The molecule has 0 bridgehead atoms. The van der Waals surface area contributed by atoms with Gasteiger partial charge in [-0.05, 0) is 26.2 Å². The second-order valence-corrected chi connectivity index (χ2v) is 8.66. The predicted molar refractivity (Wildman–Crippen MR) is 106 cm³/mol. The summed E-state index contributed by atoms with van der Waals surface area (Å²) in [5, 5.41) is 17.5. The smallest absolute Gasteiger partial charge is 0.412 e. The van der Waals surface area contributed by atoms with Crippen LogP contribution in [0.25, 0.3) is 10.6 Å². The summed E-state index contributed by atoms with van der Waals surface area (Å²) in [5.41, 5.74) is -0.0626. The van der Waals surface area contributed by atoms with E-state index in [1.54, 1.807) is 26.2 Å². The minimum Gasteiger partial charge on any atom is -0.444 e. The Morgan fingerprint density at radius 2 is 2.21 bits per heavy atom. The van der Waals surface area contributed by atoms with Crippen molar-refractivity contribution in [1.82, 2.24) is 19.7 Å². The molecule has 2 aromatic heterocycles. The molecular formula is C17H15FN6O2S2. The normalized spacial score (nSPS) is 15.6. The highest BCUT2D eigenvalue weighted by Gasteiger charge is 2.23. The first kappa shape index (κ1) is 19.9. The van der Waals surface area contributed by atoms with Crippen LogP contribution in [0.1, 0.15) is 26.5 Å². The summed E-state index contributed by atoms with van der Waals surface area (Å²) in [5.74, 6) is -0.603. The molecule has 0 saturated carbocycles. The van der Waals surface area contributed by atoms with Gasteiger partial charge in [0.25, 0.3) is 0 Å². The summed E-state index contributed by atoms with van der Waals surface area (Å²) in [4.78, 5) is 20.3. The number of hydrogen-bond donors (Lipinski definition) is 1. The maximum atomic E-state index is 14.5. The molecule has 0 aromatic carbocycles. The number of carbonyl (C=O) groups is 1. The number of ether oxygens (including phenoxy) is 1. The molecule has 1 aliphatic heterocycles. The van der Waals surface area contributed by atoms with Crippen LogP contribution in [-0.4, -0.2) is 31.4 Å². The molecule has 28 heavy (non-hydrogen) atoms. The van der Waals surface area contributed by atoms with Gasteiger partial charge in [0, 0.05) is 11.0 Å². The molecule has 0 aliphatic carbocycles. The largest absolute Gasteiger partial charge is 0.444 e. The van der Waals surface area contributed by atoms with Gasteiger partial charge in [-0.25, -0.2) is 18.9 Å². The van der Waals surface area contributed by atoms with Crippen molar-refractivity contribution in [2.24, 2.45) is 0 Å². The summed E-state index contributed by atoms with van der Waals surface area (Å²) in [6.07, 6.45) is 3.40. The third kappa shape index (κ3) is 4.71. The van der Waals surface area contributed by atoms with E-state index in [9.17, 15) is 14.4 Å². The predicted octanol–water partition coefficient (Wildman–Crippen LogP) is 4.29. The van der Waals surface area contributed by atoms with Crippen molar-refractivity contribution >= 4 is 45.9 Å². The monoisotopic (exact) mass is 418 g/mol. The Morgan fingerprint density at radius 1 is 1.43 bits per heavy atom. The van der Waals surface area contributed by atoms with E-state index in [1.807, 2.05) is 0 Å². The van der Waals surface area contributed by atoms with E-state index in [0.29, 0.717) is 14.8 Å². The number of hydrogen-bond acceptors (Lipinski definition) is 8. The molecule has 3 rings (SSSR count). The lowest BCUT2D eigenvalue weighted by molar-refractivity contribution is 0.0636. The quantitative estimate of drug-likeness (QED) is 0.736. The number of rotatable bonds is 3. The van der Waals surface area contributed by atoms with E-state index in [2.05, 4.69) is 26.5 Å². The molecule has 8 nitrogen and oxygen atoms in total. The second kappa shape index (κ2) is 8.04. The Labute approximate surface area is 168 Å². The van der Waals surface area contributed by atoms with Crippen molar-refractivity contribution in [3.05, 3.63) is 46.1 Å². The average molecular weight is 418 g/mol. The molecule has 1 aliphatic rings. The van der Waals surface area contributed by atoms with Crippen LogP contribution in [0.2, 0.25) is 0 Å². The second-order valence-electron chi connectivity index (χ2n) is 6.47. The number of nitrogens with zero attached hydrogens (tertiary/aromatic N) is 5. The van der Waals surface area contributed by atoms with E-state index in [4.69, 9.17) is 4.74 Å². The fraction of sp³-hybridized carbons (Fsp3) is 0.235. The number of aromatic nitrogens is 4. The number of halogens is 1. The SMILES string of the molecule is CC(C)(C)OC(=O)Nc1cnc(C2=CS/C(=C(/C#N)n3cncn3)S2)c(F)c1. The fourth-order valence-corrected chi connectivity index (χ4v) is 4.29. The Balaban J connectivity index is 1.75. The van der Waals surface area contributed by atoms with Crippen molar-refractivity contribution in [2.75, 3.05) is 5.32 Å². The van der Waals surface area contributed by atoms with Gasteiger partial charge in [0.05, 0.1) is 16.1 Å². The van der Waals surface area contributed by atoms with Crippen molar-refractivity contribution < 1.29 is 13.9 Å². The van der Waals surface area contributed by atoms with E-state index in [1.165, 1.54) is 53.1 Å². The topological polar surface area (TPSA) is 106 Å². The van der Waals surface area contributed by atoms with Gasteiger partial charge in [0.2, 0.25) is 0 Å². The van der Waals surface area contributed by atoms with Crippen LogP contribution in [0.3, 0.4) is 0 Å². The van der Waals surface area contributed by atoms with Gasteiger partial charge in [-0.1, -0.05) is 23.5 Å². The lowest BCUT2D eigenvalue weighted by Gasteiger charge is -2.19. The van der Waals surface area contributed by atoms with Crippen molar-refractivity contribution in [1.29, 1.82) is 5.26 Å². The Bertz CT molecular complexity index is 1010. The summed E-state index contributed by atoms with van der Waals surface area (Å²) < 4.78 is 21.7. The highest BCUT2D eigenvalue weighted by atomic mass is 32.2. The van der Waals surface area contributed by atoms with Gasteiger partial charge in [-0.15, -0.1) is 0 Å². The number of carbonyl (C=O) groups excluding carboxylic acids is 1. The van der Waals surface area contributed by atoms with Crippen LogP contribution in [0.5, 0.6) is 0 Å². The van der Waals surface area contributed by atoms with Crippen LogP contribution in [0.15, 0.2) is 34.6 Å².